The first kappa shape index (κ1) is 36.7. The lowest BCUT2D eigenvalue weighted by atomic mass is 9.71. The quantitative estimate of drug-likeness (QED) is 0.170. The van der Waals surface area contributed by atoms with E-state index in [1.165, 1.54) is 66.8 Å². The molecule has 0 aliphatic heterocycles. The van der Waals surface area contributed by atoms with Gasteiger partial charge in [-0.25, -0.2) is 0 Å². The molecule has 7 aromatic carbocycles. The zero-order valence-electron chi connectivity index (χ0n) is 34.5. The van der Waals surface area contributed by atoms with Gasteiger partial charge in [0.15, 0.2) is 0 Å². The third-order valence-corrected chi connectivity index (χ3v) is 12.9. The number of para-hydroxylation sites is 2. The van der Waals surface area contributed by atoms with Crippen molar-refractivity contribution in [3.8, 4) is 34.4 Å². The van der Waals surface area contributed by atoms with Crippen LogP contribution < -0.4 is 9.80 Å². The summed E-state index contributed by atoms with van der Waals surface area (Å²) in [7, 11) is 0. The van der Waals surface area contributed by atoms with Crippen LogP contribution in [0.5, 0.6) is 0 Å². The van der Waals surface area contributed by atoms with Gasteiger partial charge in [0.2, 0.25) is 0 Å². The highest BCUT2D eigenvalue weighted by Crippen LogP contribution is 2.62. The van der Waals surface area contributed by atoms with Crippen molar-refractivity contribution in [1.82, 2.24) is 0 Å². The van der Waals surface area contributed by atoms with Gasteiger partial charge in [-0.15, -0.1) is 0 Å². The van der Waals surface area contributed by atoms with Crippen LogP contribution in [0.2, 0.25) is 0 Å². The van der Waals surface area contributed by atoms with Crippen LogP contribution >= 0.6 is 0 Å². The second-order valence-electron chi connectivity index (χ2n) is 17.0. The fraction of sp³-hybridized carbons (Fsp3) is 0.185. The molecule has 9 rings (SSSR count). The number of aryl methyl sites for hydroxylation is 2. The molecule has 0 amide bonds. The summed E-state index contributed by atoms with van der Waals surface area (Å²) in [5.74, 6) is 0. The Labute approximate surface area is 342 Å². The fourth-order valence-corrected chi connectivity index (χ4v) is 9.86. The fourth-order valence-electron chi connectivity index (χ4n) is 9.86. The minimum atomic E-state index is -0.289. The smallest absolute Gasteiger partial charge is 0.0991 e. The molecule has 0 bridgehead atoms. The van der Waals surface area contributed by atoms with Crippen LogP contribution in [-0.2, 0) is 10.8 Å². The van der Waals surface area contributed by atoms with Crippen LogP contribution in [0.4, 0.5) is 34.1 Å². The van der Waals surface area contributed by atoms with Crippen LogP contribution in [0.3, 0.4) is 0 Å². The van der Waals surface area contributed by atoms with E-state index in [2.05, 4.69) is 162 Å². The number of rotatable bonds is 6. The summed E-state index contributed by atoms with van der Waals surface area (Å²) < 4.78 is 0. The first-order valence-electron chi connectivity index (χ1n) is 20.1. The van der Waals surface area contributed by atoms with E-state index in [9.17, 15) is 10.5 Å². The van der Waals surface area contributed by atoms with Crippen LogP contribution in [0.1, 0.15) is 83.3 Å². The van der Waals surface area contributed by atoms with Crippen molar-refractivity contribution >= 4 is 34.1 Å². The normalized spacial score (nSPS) is 13.8. The molecule has 0 unspecified atom stereocenters. The SMILES string of the molecule is Cc1ccccc1N(c1ccc(C#N)cc1)c1ccc2c(c1)C(C)(C)c1c-2c(C)c(C)c2c1C(C)(C)c1cc(N(c3ccc(C#N)cc3)c3ccccc3C)ccc1-2. The Kier molecular flexibility index (Phi) is 8.47. The van der Waals surface area contributed by atoms with E-state index in [1.54, 1.807) is 0 Å². The van der Waals surface area contributed by atoms with Gasteiger partial charge in [0.25, 0.3) is 0 Å². The molecule has 58 heavy (non-hydrogen) atoms. The van der Waals surface area contributed by atoms with Crippen molar-refractivity contribution < 1.29 is 0 Å². The Morgan fingerprint density at radius 1 is 0.431 bits per heavy atom. The topological polar surface area (TPSA) is 54.1 Å². The lowest BCUT2D eigenvalue weighted by Crippen LogP contribution is -2.25. The minimum Gasteiger partial charge on any atom is -0.310 e. The lowest BCUT2D eigenvalue weighted by Gasteiger charge is -2.33. The number of nitrogens with zero attached hydrogens (tertiary/aromatic N) is 4. The molecule has 0 fully saturated rings. The van der Waals surface area contributed by atoms with E-state index in [0.29, 0.717) is 11.1 Å². The number of hydrogen-bond donors (Lipinski definition) is 0. The highest BCUT2D eigenvalue weighted by Gasteiger charge is 2.48. The van der Waals surface area contributed by atoms with Crippen LogP contribution in [0.25, 0.3) is 22.3 Å². The van der Waals surface area contributed by atoms with Gasteiger partial charge >= 0.3 is 0 Å². The maximum absolute atomic E-state index is 9.58. The van der Waals surface area contributed by atoms with Crippen LogP contribution in [0, 0.1) is 50.4 Å². The first-order valence-corrected chi connectivity index (χ1v) is 20.1. The monoisotopic (exact) mass is 750 g/mol. The predicted molar refractivity (Wildman–Crippen MR) is 239 cm³/mol. The second-order valence-corrected chi connectivity index (χ2v) is 17.0. The summed E-state index contributed by atoms with van der Waals surface area (Å²) in [6.45, 7) is 18.6. The Hall–Kier alpha value is -6.88. The third kappa shape index (κ3) is 5.40. The number of nitriles is 2. The van der Waals surface area contributed by atoms with Crippen molar-refractivity contribution in [2.24, 2.45) is 0 Å². The Morgan fingerprint density at radius 3 is 1.12 bits per heavy atom. The van der Waals surface area contributed by atoms with E-state index < -0.39 is 0 Å². The summed E-state index contributed by atoms with van der Waals surface area (Å²) >= 11 is 0. The van der Waals surface area contributed by atoms with E-state index in [-0.39, 0.29) is 10.8 Å². The van der Waals surface area contributed by atoms with Crippen molar-refractivity contribution in [1.29, 1.82) is 10.5 Å². The van der Waals surface area contributed by atoms with Gasteiger partial charge in [0.05, 0.1) is 23.3 Å². The first-order chi connectivity index (χ1) is 27.9. The molecule has 2 aliphatic carbocycles. The zero-order chi connectivity index (χ0) is 40.7. The van der Waals surface area contributed by atoms with Gasteiger partial charge in [-0.3, -0.25) is 0 Å². The Balaban J connectivity index is 1.21. The summed E-state index contributed by atoms with van der Waals surface area (Å²) in [5.41, 5.74) is 23.0. The maximum Gasteiger partial charge on any atom is 0.0991 e. The number of benzene rings is 7. The van der Waals surface area contributed by atoms with Gasteiger partial charge in [-0.2, -0.15) is 10.5 Å². The van der Waals surface area contributed by atoms with Crippen molar-refractivity contribution in [2.75, 3.05) is 9.80 Å². The van der Waals surface area contributed by atoms with Gasteiger partial charge in [-0.05, 0) is 179 Å². The Morgan fingerprint density at radius 2 is 0.776 bits per heavy atom. The average Bonchev–Trinajstić information content (AvgIpc) is 3.60. The number of fused-ring (bicyclic) bond motifs is 7. The molecule has 0 spiro atoms. The second kappa shape index (κ2) is 13.4. The van der Waals surface area contributed by atoms with E-state index >= 15 is 0 Å². The minimum absolute atomic E-state index is 0.289. The van der Waals surface area contributed by atoms with Crippen LogP contribution in [-0.4, -0.2) is 0 Å². The molecule has 4 heteroatoms. The molecule has 282 valence electrons. The van der Waals surface area contributed by atoms with Crippen molar-refractivity contribution in [3.05, 3.63) is 189 Å². The van der Waals surface area contributed by atoms with Crippen molar-refractivity contribution in [2.45, 2.75) is 66.2 Å². The van der Waals surface area contributed by atoms with Crippen molar-refractivity contribution in [3.63, 3.8) is 0 Å². The van der Waals surface area contributed by atoms with Gasteiger partial charge in [-0.1, -0.05) is 76.2 Å². The average molecular weight is 751 g/mol. The summed E-state index contributed by atoms with van der Waals surface area (Å²) in [4.78, 5) is 4.65. The molecule has 7 aromatic rings. The summed E-state index contributed by atoms with van der Waals surface area (Å²) in [6.07, 6.45) is 0. The number of hydrogen-bond acceptors (Lipinski definition) is 4. The standard InChI is InChI=1S/C54H46N4/c1-33-13-9-11-15-47(33)57(39-21-17-37(31-55)18-22-39)41-25-27-43-45(29-41)53(5,6)51-49(43)35(3)36(4)50-44-28-26-42(30-46(44)54(7,8)52(50)51)58(48-16-12-10-14-34(48)2)40-23-19-38(32-56)20-24-40/h9-30H,1-8H3. The predicted octanol–water partition coefficient (Wildman–Crippen LogP) is 14.2. The molecule has 0 aromatic heterocycles. The third-order valence-electron chi connectivity index (χ3n) is 12.9. The molecular weight excluding hydrogens is 705 g/mol. The number of anilines is 6. The lowest BCUT2D eigenvalue weighted by molar-refractivity contribution is 0.600. The Bertz CT molecular complexity index is 2700. The molecular formula is C54H46N4. The molecule has 0 N–H and O–H groups in total. The van der Waals surface area contributed by atoms with E-state index in [0.717, 1.165) is 34.1 Å². The van der Waals surface area contributed by atoms with Gasteiger partial charge in [0.1, 0.15) is 0 Å². The molecule has 0 saturated carbocycles. The highest BCUT2D eigenvalue weighted by molar-refractivity contribution is 5.97. The van der Waals surface area contributed by atoms with E-state index in [1.807, 2.05) is 48.5 Å². The van der Waals surface area contributed by atoms with Gasteiger partial charge < -0.3 is 9.80 Å². The highest BCUT2D eigenvalue weighted by atomic mass is 15.1. The van der Waals surface area contributed by atoms with Gasteiger partial charge in [0, 0.05) is 45.0 Å². The molecule has 0 saturated heterocycles. The summed E-state index contributed by atoms with van der Waals surface area (Å²) in [5, 5.41) is 19.2. The molecule has 0 atom stereocenters. The molecule has 2 aliphatic rings. The maximum atomic E-state index is 9.58. The van der Waals surface area contributed by atoms with E-state index in [4.69, 9.17) is 0 Å². The zero-order valence-corrected chi connectivity index (χ0v) is 34.5. The summed E-state index contributed by atoms with van der Waals surface area (Å²) in [6, 6.07) is 51.4. The molecule has 0 radical (unpaired) electrons. The largest absolute Gasteiger partial charge is 0.310 e. The van der Waals surface area contributed by atoms with Crippen LogP contribution in [0.15, 0.2) is 133 Å². The molecule has 0 heterocycles. The molecule has 4 nitrogen and oxygen atoms in total.